The van der Waals surface area contributed by atoms with Crippen molar-refractivity contribution >= 4 is 23.0 Å². The van der Waals surface area contributed by atoms with Crippen molar-refractivity contribution < 1.29 is 9.59 Å². The number of carbonyl (C=O) groups excluding carboxylic acids is 2. The molecule has 0 saturated carbocycles. The molecule has 1 fully saturated rings. The molecule has 17 heavy (non-hydrogen) atoms. The summed E-state index contributed by atoms with van der Waals surface area (Å²) in [4.78, 5) is 26.9. The Morgan fingerprint density at radius 2 is 2.06 bits per heavy atom. The fourth-order valence-electron chi connectivity index (χ4n) is 2.78. The van der Waals surface area contributed by atoms with Gasteiger partial charge in [0.1, 0.15) is 5.78 Å². The van der Waals surface area contributed by atoms with E-state index >= 15 is 0 Å². The highest BCUT2D eigenvalue weighted by Gasteiger charge is 2.33. The molecule has 1 aromatic rings. The van der Waals surface area contributed by atoms with Gasteiger partial charge in [-0.05, 0) is 29.9 Å². The molecule has 1 saturated heterocycles. The number of rotatable bonds is 0. The summed E-state index contributed by atoms with van der Waals surface area (Å²) in [6, 6.07) is 2.32. The number of hydrogen-bond acceptors (Lipinski definition) is 3. The van der Waals surface area contributed by atoms with Crippen LogP contribution in [0, 0.1) is 0 Å². The summed E-state index contributed by atoms with van der Waals surface area (Å²) in [6.07, 6.45) is 3.22. The van der Waals surface area contributed by atoms with E-state index in [9.17, 15) is 9.59 Å². The topological polar surface area (TPSA) is 37.4 Å². The largest absolute Gasteiger partial charge is 0.334 e. The maximum Gasteiger partial charge on any atom is 0.223 e. The van der Waals surface area contributed by atoms with Crippen molar-refractivity contribution in [1.29, 1.82) is 0 Å². The first-order chi connectivity index (χ1) is 8.25. The van der Waals surface area contributed by atoms with Crippen LogP contribution in [0.4, 0.5) is 0 Å². The molecule has 3 rings (SSSR count). The van der Waals surface area contributed by atoms with Crippen LogP contribution < -0.4 is 0 Å². The van der Waals surface area contributed by atoms with Gasteiger partial charge in [0.25, 0.3) is 0 Å². The second-order valence-corrected chi connectivity index (χ2v) is 5.69. The van der Waals surface area contributed by atoms with Crippen molar-refractivity contribution in [2.24, 2.45) is 0 Å². The number of amides is 1. The number of thiophene rings is 1. The van der Waals surface area contributed by atoms with Crippen LogP contribution in [0.25, 0.3) is 0 Å². The van der Waals surface area contributed by atoms with Gasteiger partial charge in [-0.15, -0.1) is 11.3 Å². The minimum absolute atomic E-state index is 0.155. The second kappa shape index (κ2) is 4.26. The Balaban J connectivity index is 1.94. The molecule has 0 N–H and O–H groups in total. The standard InChI is InChI=1S/C13H15NO2S/c15-10-1-3-11-13-9(6-8-17-13)5-7-14(11)12(16)4-2-10/h6,8,11H,1-5,7H2. The predicted octanol–water partition coefficient (Wildman–Crippen LogP) is 2.32. The van der Waals surface area contributed by atoms with E-state index in [1.54, 1.807) is 11.3 Å². The van der Waals surface area contributed by atoms with Crippen molar-refractivity contribution in [3.63, 3.8) is 0 Å². The van der Waals surface area contributed by atoms with E-state index in [4.69, 9.17) is 0 Å². The lowest BCUT2D eigenvalue weighted by atomic mass is 9.93. The van der Waals surface area contributed by atoms with Gasteiger partial charge in [0.15, 0.2) is 0 Å². The van der Waals surface area contributed by atoms with Gasteiger partial charge in [-0.2, -0.15) is 0 Å². The molecule has 4 heteroatoms. The number of Topliss-reactive ketones (excluding diaryl/α,β-unsaturated/α-hetero) is 1. The van der Waals surface area contributed by atoms with Crippen molar-refractivity contribution in [2.45, 2.75) is 38.1 Å². The van der Waals surface area contributed by atoms with Gasteiger partial charge in [-0.25, -0.2) is 0 Å². The zero-order chi connectivity index (χ0) is 11.8. The quantitative estimate of drug-likeness (QED) is 0.707. The third kappa shape index (κ3) is 1.90. The van der Waals surface area contributed by atoms with Gasteiger partial charge in [-0.1, -0.05) is 0 Å². The minimum atomic E-state index is 0.155. The fraction of sp³-hybridized carbons (Fsp3) is 0.538. The average Bonchev–Trinajstić information content (AvgIpc) is 2.79. The van der Waals surface area contributed by atoms with Crippen molar-refractivity contribution in [2.75, 3.05) is 6.54 Å². The Morgan fingerprint density at radius 1 is 1.18 bits per heavy atom. The molecule has 1 atom stereocenters. The third-order valence-electron chi connectivity index (χ3n) is 3.72. The van der Waals surface area contributed by atoms with E-state index in [2.05, 4.69) is 11.4 Å². The molecule has 1 amide bonds. The molecule has 1 aromatic heterocycles. The van der Waals surface area contributed by atoms with Gasteiger partial charge in [-0.3, -0.25) is 9.59 Å². The predicted molar refractivity (Wildman–Crippen MR) is 66.0 cm³/mol. The van der Waals surface area contributed by atoms with Crippen LogP contribution in [-0.2, 0) is 16.0 Å². The zero-order valence-corrected chi connectivity index (χ0v) is 10.5. The molecule has 0 radical (unpaired) electrons. The van der Waals surface area contributed by atoms with Crippen molar-refractivity contribution in [1.82, 2.24) is 4.90 Å². The summed E-state index contributed by atoms with van der Waals surface area (Å²) in [6.45, 7) is 0.821. The normalized spacial score (nSPS) is 24.9. The van der Waals surface area contributed by atoms with Crippen LogP contribution in [0.15, 0.2) is 11.4 Å². The molecule has 3 nitrogen and oxygen atoms in total. The number of nitrogens with zero attached hydrogens (tertiary/aromatic N) is 1. The average molecular weight is 249 g/mol. The smallest absolute Gasteiger partial charge is 0.223 e. The number of hydrogen-bond donors (Lipinski definition) is 0. The summed E-state index contributed by atoms with van der Waals surface area (Å²) < 4.78 is 0. The van der Waals surface area contributed by atoms with Crippen LogP contribution in [0.2, 0.25) is 0 Å². The third-order valence-corrected chi connectivity index (χ3v) is 4.78. The first-order valence-corrected chi connectivity index (χ1v) is 7.01. The Kier molecular flexibility index (Phi) is 2.74. The Labute approximate surface area is 104 Å². The second-order valence-electron chi connectivity index (χ2n) is 4.74. The van der Waals surface area contributed by atoms with E-state index in [1.165, 1.54) is 10.4 Å². The number of fused-ring (bicyclic) bond motifs is 3. The molecule has 2 aliphatic heterocycles. The Morgan fingerprint density at radius 3 is 2.94 bits per heavy atom. The summed E-state index contributed by atoms with van der Waals surface area (Å²) in [5, 5.41) is 2.10. The summed E-state index contributed by atoms with van der Waals surface area (Å²) in [5.41, 5.74) is 1.37. The molecule has 90 valence electrons. The van der Waals surface area contributed by atoms with Crippen LogP contribution in [0.5, 0.6) is 0 Å². The van der Waals surface area contributed by atoms with Gasteiger partial charge in [0.2, 0.25) is 5.91 Å². The van der Waals surface area contributed by atoms with E-state index in [0.717, 1.165) is 19.4 Å². The maximum atomic E-state index is 12.1. The van der Waals surface area contributed by atoms with Crippen molar-refractivity contribution in [3.05, 3.63) is 21.9 Å². The lowest BCUT2D eigenvalue weighted by Gasteiger charge is -2.37. The zero-order valence-electron chi connectivity index (χ0n) is 9.65. The summed E-state index contributed by atoms with van der Waals surface area (Å²) >= 11 is 1.73. The van der Waals surface area contributed by atoms with Gasteiger partial charge < -0.3 is 4.90 Å². The van der Waals surface area contributed by atoms with E-state index in [-0.39, 0.29) is 17.7 Å². The van der Waals surface area contributed by atoms with Crippen LogP contribution in [0.3, 0.4) is 0 Å². The van der Waals surface area contributed by atoms with Gasteiger partial charge >= 0.3 is 0 Å². The SMILES string of the molecule is O=C1CCC(=O)N2CCc3ccsc3C2CC1. The lowest BCUT2D eigenvalue weighted by Crippen LogP contribution is -2.40. The monoisotopic (exact) mass is 249 g/mol. The maximum absolute atomic E-state index is 12.1. The molecule has 3 heterocycles. The Hall–Kier alpha value is -1.16. The van der Waals surface area contributed by atoms with Crippen LogP contribution >= 0.6 is 11.3 Å². The highest BCUT2D eigenvalue weighted by Crippen LogP contribution is 2.38. The molecule has 0 aliphatic carbocycles. The summed E-state index contributed by atoms with van der Waals surface area (Å²) in [5.74, 6) is 0.392. The number of carbonyl (C=O) groups is 2. The lowest BCUT2D eigenvalue weighted by molar-refractivity contribution is -0.137. The minimum Gasteiger partial charge on any atom is -0.334 e. The highest BCUT2D eigenvalue weighted by atomic mass is 32.1. The highest BCUT2D eigenvalue weighted by molar-refractivity contribution is 7.10. The first-order valence-electron chi connectivity index (χ1n) is 6.13. The molecule has 0 spiro atoms. The number of ketones is 1. The molecule has 2 aliphatic rings. The molecule has 0 aromatic carbocycles. The van der Waals surface area contributed by atoms with E-state index < -0.39 is 0 Å². The van der Waals surface area contributed by atoms with Crippen LogP contribution in [0.1, 0.15) is 42.2 Å². The molecule has 0 bridgehead atoms. The molecular formula is C13H15NO2S. The van der Waals surface area contributed by atoms with Crippen molar-refractivity contribution in [3.8, 4) is 0 Å². The first kappa shape index (κ1) is 11.0. The van der Waals surface area contributed by atoms with E-state index in [1.807, 2.05) is 4.90 Å². The van der Waals surface area contributed by atoms with E-state index in [0.29, 0.717) is 19.3 Å². The van der Waals surface area contributed by atoms with Gasteiger partial charge in [0, 0.05) is 30.7 Å². The molecule has 1 unspecified atom stereocenters. The molecular weight excluding hydrogens is 234 g/mol. The summed E-state index contributed by atoms with van der Waals surface area (Å²) in [7, 11) is 0. The van der Waals surface area contributed by atoms with Gasteiger partial charge in [0.05, 0.1) is 6.04 Å². The fourth-order valence-corrected chi connectivity index (χ4v) is 3.89. The Bertz CT molecular complexity index is 466. The van der Waals surface area contributed by atoms with Crippen LogP contribution in [-0.4, -0.2) is 23.1 Å².